The number of hydrogen-bond donors (Lipinski definition) is 2. The molecule has 0 radical (unpaired) electrons. The first-order chi connectivity index (χ1) is 12.4. The van der Waals surface area contributed by atoms with E-state index in [1.165, 1.54) is 4.90 Å². The van der Waals surface area contributed by atoms with Crippen LogP contribution in [0.4, 0.5) is 23.7 Å². The fourth-order valence-corrected chi connectivity index (χ4v) is 2.66. The number of likely N-dealkylation sites (tertiary alicyclic amines) is 1. The number of nitrogens with zero attached hydrogens (tertiary/aromatic N) is 2. The highest BCUT2D eigenvalue weighted by molar-refractivity contribution is 5.68. The van der Waals surface area contributed by atoms with E-state index in [2.05, 4.69) is 0 Å². The maximum absolute atomic E-state index is 12.9. The van der Waals surface area contributed by atoms with Gasteiger partial charge in [-0.05, 0) is 51.8 Å². The third-order valence-corrected chi connectivity index (χ3v) is 3.83. The molecule has 1 aliphatic heterocycles. The molecular weight excluding hydrogens is 369 g/mol. The Hall–Kier alpha value is -2.20. The Labute approximate surface area is 154 Å². The Kier molecular flexibility index (Phi) is 6.10. The van der Waals surface area contributed by atoms with Crippen LogP contribution in [-0.4, -0.2) is 46.2 Å². The van der Waals surface area contributed by atoms with Crippen molar-refractivity contribution < 1.29 is 37.9 Å². The molecule has 10 heteroatoms. The van der Waals surface area contributed by atoms with Crippen molar-refractivity contribution in [2.45, 2.75) is 51.5 Å². The number of benzene rings is 1. The number of rotatable bonds is 3. The summed E-state index contributed by atoms with van der Waals surface area (Å²) in [5.41, 5.74) is -1.99. The van der Waals surface area contributed by atoms with Crippen LogP contribution >= 0.6 is 0 Å². The van der Waals surface area contributed by atoms with Crippen LogP contribution in [0.3, 0.4) is 0 Å². The van der Waals surface area contributed by atoms with Gasteiger partial charge in [-0.3, -0.25) is 10.4 Å². The Morgan fingerprint density at radius 2 is 1.93 bits per heavy atom. The van der Waals surface area contributed by atoms with Gasteiger partial charge < -0.3 is 14.4 Å². The molecule has 2 N–H and O–H groups in total. The number of anilines is 1. The summed E-state index contributed by atoms with van der Waals surface area (Å²) in [6.07, 6.45) is -4.70. The Balaban J connectivity index is 2.16. The molecule has 1 amide bonds. The lowest BCUT2D eigenvalue weighted by Gasteiger charge is -2.34. The van der Waals surface area contributed by atoms with E-state index < -0.39 is 29.5 Å². The zero-order valence-corrected chi connectivity index (χ0v) is 15.3. The van der Waals surface area contributed by atoms with E-state index in [0.717, 1.165) is 12.1 Å². The number of hydrogen-bond acceptors (Lipinski definition) is 6. The van der Waals surface area contributed by atoms with Gasteiger partial charge in [0.05, 0.1) is 12.1 Å². The Morgan fingerprint density at radius 3 is 2.48 bits per heavy atom. The number of carbonyl (C=O) groups excluding carboxylic acids is 1. The highest BCUT2D eigenvalue weighted by Crippen LogP contribution is 2.37. The highest BCUT2D eigenvalue weighted by Gasteiger charge is 2.33. The van der Waals surface area contributed by atoms with Gasteiger partial charge in [0.25, 0.3) is 0 Å². The number of halogens is 3. The zero-order chi connectivity index (χ0) is 20.4. The normalized spacial score (nSPS) is 18.2. The first-order valence-corrected chi connectivity index (χ1v) is 8.40. The van der Waals surface area contributed by atoms with Crippen LogP contribution in [0.5, 0.6) is 5.75 Å². The molecule has 1 fully saturated rings. The molecule has 1 heterocycles. The monoisotopic (exact) mass is 392 g/mol. The molecule has 0 aliphatic carbocycles. The fraction of sp³-hybridized carbons (Fsp3) is 0.588. The molecular formula is C17H23F3N2O5. The van der Waals surface area contributed by atoms with Gasteiger partial charge in [0.15, 0.2) is 0 Å². The number of carbonyl (C=O) groups is 1. The molecule has 0 aromatic heterocycles. The molecule has 0 unspecified atom stereocenters. The summed E-state index contributed by atoms with van der Waals surface area (Å²) in [4.78, 5) is 13.6. The molecule has 27 heavy (non-hydrogen) atoms. The summed E-state index contributed by atoms with van der Waals surface area (Å²) in [5.74, 6) is -0.342. The molecule has 7 nitrogen and oxygen atoms in total. The molecule has 1 aromatic rings. The molecule has 1 aliphatic rings. The SMILES string of the molecule is CC(C)(C)OC(=O)N1CCC[C@H](Oc2cc(C(F)(F)F)ccc2N(O)O)C1. The van der Waals surface area contributed by atoms with Crippen LogP contribution in [0, 0.1) is 0 Å². The van der Waals surface area contributed by atoms with Gasteiger partial charge in [-0.15, -0.1) is 5.23 Å². The van der Waals surface area contributed by atoms with Gasteiger partial charge in [-0.25, -0.2) is 4.79 Å². The quantitative estimate of drug-likeness (QED) is 0.755. The summed E-state index contributed by atoms with van der Waals surface area (Å²) >= 11 is 0. The van der Waals surface area contributed by atoms with Crippen molar-refractivity contribution in [3.05, 3.63) is 23.8 Å². The van der Waals surface area contributed by atoms with E-state index in [0.29, 0.717) is 25.5 Å². The molecule has 0 saturated carbocycles. The van der Waals surface area contributed by atoms with E-state index >= 15 is 0 Å². The molecule has 2 rings (SSSR count). The summed E-state index contributed by atoms with van der Waals surface area (Å²) in [6, 6.07) is 2.31. The van der Waals surface area contributed by atoms with Crippen LogP contribution in [0.1, 0.15) is 39.2 Å². The smallest absolute Gasteiger partial charge is 0.416 e. The van der Waals surface area contributed by atoms with Crippen molar-refractivity contribution in [1.82, 2.24) is 4.90 Å². The lowest BCUT2D eigenvalue weighted by molar-refractivity contribution is -0.137. The zero-order valence-electron chi connectivity index (χ0n) is 15.3. The van der Waals surface area contributed by atoms with Crippen molar-refractivity contribution in [1.29, 1.82) is 0 Å². The molecule has 152 valence electrons. The van der Waals surface area contributed by atoms with Crippen molar-refractivity contribution in [2.24, 2.45) is 0 Å². The largest absolute Gasteiger partial charge is 0.486 e. The van der Waals surface area contributed by atoms with Gasteiger partial charge in [0, 0.05) is 6.54 Å². The second-order valence-electron chi connectivity index (χ2n) is 7.28. The van der Waals surface area contributed by atoms with Crippen LogP contribution in [0.25, 0.3) is 0 Å². The van der Waals surface area contributed by atoms with E-state index in [-0.39, 0.29) is 23.2 Å². The minimum absolute atomic E-state index is 0.113. The van der Waals surface area contributed by atoms with Gasteiger partial charge in [0.1, 0.15) is 23.1 Å². The van der Waals surface area contributed by atoms with Gasteiger partial charge >= 0.3 is 12.3 Å². The predicted molar refractivity (Wildman–Crippen MR) is 89.0 cm³/mol. The van der Waals surface area contributed by atoms with Crippen LogP contribution in [0.15, 0.2) is 18.2 Å². The Bertz CT molecular complexity index is 674. The third-order valence-electron chi connectivity index (χ3n) is 3.83. The minimum atomic E-state index is -4.61. The summed E-state index contributed by atoms with van der Waals surface area (Å²) in [7, 11) is 0. The highest BCUT2D eigenvalue weighted by atomic mass is 19.4. The van der Waals surface area contributed by atoms with Crippen LogP contribution in [0.2, 0.25) is 0 Å². The maximum Gasteiger partial charge on any atom is 0.416 e. The number of piperidine rings is 1. The topological polar surface area (TPSA) is 82.5 Å². The molecule has 0 spiro atoms. The molecule has 1 aromatic carbocycles. The summed E-state index contributed by atoms with van der Waals surface area (Å²) in [6.45, 7) is 5.75. The molecule has 1 saturated heterocycles. The minimum Gasteiger partial charge on any atom is -0.486 e. The second-order valence-corrected chi connectivity index (χ2v) is 7.28. The lowest BCUT2D eigenvalue weighted by atomic mass is 10.1. The summed E-state index contributed by atoms with van der Waals surface area (Å²) < 4.78 is 49.7. The van der Waals surface area contributed by atoms with Gasteiger partial charge in [-0.2, -0.15) is 13.2 Å². The first-order valence-electron chi connectivity index (χ1n) is 8.40. The number of alkyl halides is 3. The van der Waals surface area contributed by atoms with E-state index in [4.69, 9.17) is 9.47 Å². The van der Waals surface area contributed by atoms with E-state index in [1.54, 1.807) is 20.8 Å². The number of ether oxygens (including phenoxy) is 2. The number of amides is 1. The van der Waals surface area contributed by atoms with Gasteiger partial charge in [-0.1, -0.05) is 0 Å². The Morgan fingerprint density at radius 1 is 1.26 bits per heavy atom. The standard InChI is InChI=1S/C17H23F3N2O5/c1-16(2,3)27-15(23)21-8-4-5-12(10-21)26-14-9-11(17(18,19)20)6-7-13(14)22(24)25/h6-7,9,12,24-25H,4-5,8,10H2,1-3H3/t12-/m0/s1. The van der Waals surface area contributed by atoms with Crippen molar-refractivity contribution in [3.63, 3.8) is 0 Å². The molecule has 0 bridgehead atoms. The predicted octanol–water partition coefficient (Wildman–Crippen LogP) is 4.07. The second kappa shape index (κ2) is 7.81. The maximum atomic E-state index is 12.9. The van der Waals surface area contributed by atoms with Crippen molar-refractivity contribution in [3.8, 4) is 5.75 Å². The lowest BCUT2D eigenvalue weighted by Crippen LogP contribution is -2.46. The average Bonchev–Trinajstić information content (AvgIpc) is 2.52. The third kappa shape index (κ3) is 5.90. The van der Waals surface area contributed by atoms with Gasteiger partial charge in [0.2, 0.25) is 0 Å². The van der Waals surface area contributed by atoms with E-state index in [9.17, 15) is 28.4 Å². The summed E-state index contributed by atoms with van der Waals surface area (Å²) in [5, 5.41) is 18.2. The average molecular weight is 392 g/mol. The van der Waals surface area contributed by atoms with Crippen LogP contribution < -0.4 is 9.96 Å². The van der Waals surface area contributed by atoms with E-state index in [1.807, 2.05) is 0 Å². The van der Waals surface area contributed by atoms with Crippen molar-refractivity contribution >= 4 is 11.8 Å². The molecule has 1 atom stereocenters. The van der Waals surface area contributed by atoms with Crippen molar-refractivity contribution in [2.75, 3.05) is 18.3 Å². The first kappa shape index (κ1) is 21.1. The van der Waals surface area contributed by atoms with Crippen LogP contribution in [-0.2, 0) is 10.9 Å². The fourth-order valence-electron chi connectivity index (χ4n) is 2.66.